The Balaban J connectivity index is 0.00000147. The zero-order chi connectivity index (χ0) is 13.2. The van der Waals surface area contributed by atoms with Crippen LogP contribution >= 0.6 is 24.2 Å². The second-order valence-corrected chi connectivity index (χ2v) is 6.69. The molecule has 3 rings (SSSR count). The van der Waals surface area contributed by atoms with E-state index < -0.39 is 0 Å². The van der Waals surface area contributed by atoms with Crippen molar-refractivity contribution in [2.45, 2.75) is 37.0 Å². The molecule has 2 fully saturated rings. The second-order valence-electron chi connectivity index (χ2n) is 5.35. The van der Waals surface area contributed by atoms with Gasteiger partial charge in [0, 0.05) is 29.3 Å². The Morgan fingerprint density at radius 2 is 2.00 bits per heavy atom. The van der Waals surface area contributed by atoms with Crippen LogP contribution in [0.3, 0.4) is 0 Å². The molecule has 0 bridgehead atoms. The lowest BCUT2D eigenvalue weighted by atomic mass is 9.92. The summed E-state index contributed by atoms with van der Waals surface area (Å²) in [7, 11) is 0. The molecule has 0 radical (unpaired) electrons. The first kappa shape index (κ1) is 15.5. The zero-order valence-corrected chi connectivity index (χ0v) is 13.1. The normalized spacial score (nSPS) is 25.5. The van der Waals surface area contributed by atoms with Gasteiger partial charge in [-0.3, -0.25) is 4.79 Å². The number of thioether (sulfide) groups is 1. The smallest absolute Gasteiger partial charge is 0.256 e. The summed E-state index contributed by atoms with van der Waals surface area (Å²) in [5, 5.41) is 0.636. The maximum absolute atomic E-state index is 12.7. The molecule has 20 heavy (non-hydrogen) atoms. The second kappa shape index (κ2) is 6.72. The minimum absolute atomic E-state index is 0. The molecule has 2 aliphatic rings. The highest BCUT2D eigenvalue weighted by Crippen LogP contribution is 2.36. The van der Waals surface area contributed by atoms with Gasteiger partial charge in [0.15, 0.2) is 0 Å². The number of rotatable bonds is 1. The average molecular weight is 313 g/mol. The third-order valence-corrected chi connectivity index (χ3v) is 5.58. The number of para-hydroxylation sites is 1. The molecule has 2 N–H and O–H groups in total. The van der Waals surface area contributed by atoms with Crippen LogP contribution in [-0.2, 0) is 0 Å². The number of fused-ring (bicyclic) bond motifs is 1. The minimum atomic E-state index is 0. The number of nitrogens with two attached hydrogens (primary N) is 1. The number of halogens is 1. The standard InChI is InChI=1S/C15H20N2OS.ClH/c16-12-6-2-1-5-11(12)15(18)17-9-10-19-14-8-4-3-7-13(14)17;/h1-2,5-6,13-14H,3-4,7-10,16H2;1H. The van der Waals surface area contributed by atoms with Gasteiger partial charge in [0.25, 0.3) is 5.91 Å². The van der Waals surface area contributed by atoms with Crippen molar-refractivity contribution in [2.75, 3.05) is 18.0 Å². The number of anilines is 1. The number of hydrogen-bond donors (Lipinski definition) is 1. The summed E-state index contributed by atoms with van der Waals surface area (Å²) in [5.74, 6) is 1.18. The predicted molar refractivity (Wildman–Crippen MR) is 87.6 cm³/mol. The third kappa shape index (κ3) is 2.91. The fourth-order valence-corrected chi connectivity index (χ4v) is 4.64. The van der Waals surface area contributed by atoms with Crippen LogP contribution in [-0.4, -0.2) is 34.4 Å². The fraction of sp³-hybridized carbons (Fsp3) is 0.533. The summed E-state index contributed by atoms with van der Waals surface area (Å²) in [6, 6.07) is 7.84. The zero-order valence-electron chi connectivity index (χ0n) is 11.5. The van der Waals surface area contributed by atoms with Gasteiger partial charge in [-0.25, -0.2) is 0 Å². The molecular formula is C15H21ClN2OS. The largest absolute Gasteiger partial charge is 0.398 e. The van der Waals surface area contributed by atoms with E-state index in [9.17, 15) is 4.79 Å². The average Bonchev–Trinajstić information content (AvgIpc) is 2.46. The Kier molecular flexibility index (Phi) is 5.22. The monoisotopic (exact) mass is 312 g/mol. The number of benzene rings is 1. The molecule has 1 saturated heterocycles. The van der Waals surface area contributed by atoms with Gasteiger partial charge < -0.3 is 10.6 Å². The minimum Gasteiger partial charge on any atom is -0.398 e. The predicted octanol–water partition coefficient (Wildman–Crippen LogP) is 3.19. The summed E-state index contributed by atoms with van der Waals surface area (Å²) in [6.07, 6.45) is 4.96. The number of carbonyl (C=O) groups is 1. The molecule has 1 amide bonds. The number of carbonyl (C=O) groups excluding carboxylic acids is 1. The molecule has 1 aliphatic carbocycles. The van der Waals surface area contributed by atoms with Crippen LogP contribution in [0.1, 0.15) is 36.0 Å². The van der Waals surface area contributed by atoms with Crippen molar-refractivity contribution in [3.05, 3.63) is 29.8 Å². The summed E-state index contributed by atoms with van der Waals surface area (Å²) in [6.45, 7) is 0.860. The molecule has 2 unspecified atom stereocenters. The molecule has 0 aromatic heterocycles. The van der Waals surface area contributed by atoms with Gasteiger partial charge in [-0.05, 0) is 25.0 Å². The Hall–Kier alpha value is -0.870. The Morgan fingerprint density at radius 3 is 2.80 bits per heavy atom. The lowest BCUT2D eigenvalue weighted by Crippen LogP contribution is -2.51. The molecule has 2 atom stereocenters. The first-order valence-electron chi connectivity index (χ1n) is 7.04. The van der Waals surface area contributed by atoms with Crippen molar-refractivity contribution in [1.82, 2.24) is 4.90 Å². The Labute approximate surface area is 130 Å². The number of nitrogen functional groups attached to an aromatic ring is 1. The van der Waals surface area contributed by atoms with Crippen molar-refractivity contribution < 1.29 is 4.79 Å². The van der Waals surface area contributed by atoms with Crippen molar-refractivity contribution in [3.8, 4) is 0 Å². The van der Waals surface area contributed by atoms with E-state index in [1.54, 1.807) is 0 Å². The summed E-state index contributed by atoms with van der Waals surface area (Å²) in [4.78, 5) is 14.8. The molecule has 1 aliphatic heterocycles. The van der Waals surface area contributed by atoms with Gasteiger partial charge in [0.1, 0.15) is 0 Å². The van der Waals surface area contributed by atoms with Gasteiger partial charge in [-0.1, -0.05) is 25.0 Å². The summed E-state index contributed by atoms with van der Waals surface area (Å²) >= 11 is 2.04. The van der Waals surface area contributed by atoms with Crippen LogP contribution in [0.15, 0.2) is 24.3 Å². The highest BCUT2D eigenvalue weighted by atomic mass is 35.5. The first-order chi connectivity index (χ1) is 9.27. The van der Waals surface area contributed by atoms with Crippen LogP contribution in [0.4, 0.5) is 5.69 Å². The maximum Gasteiger partial charge on any atom is 0.256 e. The van der Waals surface area contributed by atoms with E-state index >= 15 is 0 Å². The Morgan fingerprint density at radius 1 is 1.25 bits per heavy atom. The molecule has 3 nitrogen and oxygen atoms in total. The fourth-order valence-electron chi connectivity index (χ4n) is 3.20. The van der Waals surface area contributed by atoms with Crippen molar-refractivity contribution in [2.24, 2.45) is 0 Å². The lowest BCUT2D eigenvalue weighted by molar-refractivity contribution is 0.0647. The highest BCUT2D eigenvalue weighted by molar-refractivity contribution is 8.00. The summed E-state index contributed by atoms with van der Waals surface area (Å²) in [5.41, 5.74) is 7.20. The van der Waals surface area contributed by atoms with Gasteiger partial charge >= 0.3 is 0 Å². The highest BCUT2D eigenvalue weighted by Gasteiger charge is 2.36. The SMILES string of the molecule is Cl.Nc1ccccc1C(=O)N1CCSC2CCCCC21. The number of nitrogens with zero attached hydrogens (tertiary/aromatic N) is 1. The van der Waals surface area contributed by atoms with Gasteiger partial charge in [0.05, 0.1) is 5.56 Å². The van der Waals surface area contributed by atoms with E-state index in [0.717, 1.165) is 18.7 Å². The molecule has 1 aromatic rings. The molecule has 1 aromatic carbocycles. The quantitative estimate of drug-likeness (QED) is 0.810. The Bertz CT molecular complexity index is 481. The van der Waals surface area contributed by atoms with Gasteiger partial charge in [-0.2, -0.15) is 11.8 Å². The maximum atomic E-state index is 12.7. The lowest BCUT2D eigenvalue weighted by Gasteiger charge is -2.43. The van der Waals surface area contributed by atoms with Crippen LogP contribution in [0.5, 0.6) is 0 Å². The van der Waals surface area contributed by atoms with Crippen molar-refractivity contribution in [3.63, 3.8) is 0 Å². The van der Waals surface area contributed by atoms with E-state index in [1.807, 2.05) is 36.0 Å². The topological polar surface area (TPSA) is 46.3 Å². The van der Waals surface area contributed by atoms with E-state index in [-0.39, 0.29) is 18.3 Å². The molecule has 0 spiro atoms. The van der Waals surface area contributed by atoms with Crippen molar-refractivity contribution in [1.29, 1.82) is 0 Å². The third-order valence-electron chi connectivity index (χ3n) is 4.18. The van der Waals surface area contributed by atoms with Crippen LogP contribution in [0.2, 0.25) is 0 Å². The first-order valence-corrected chi connectivity index (χ1v) is 8.09. The molecule has 1 saturated carbocycles. The molecule has 110 valence electrons. The number of hydrogen-bond acceptors (Lipinski definition) is 3. The van der Waals surface area contributed by atoms with Crippen molar-refractivity contribution >= 4 is 35.8 Å². The van der Waals surface area contributed by atoms with E-state index in [2.05, 4.69) is 4.90 Å². The van der Waals surface area contributed by atoms with Crippen LogP contribution < -0.4 is 5.73 Å². The number of amides is 1. The van der Waals surface area contributed by atoms with E-state index in [1.165, 1.54) is 19.3 Å². The summed E-state index contributed by atoms with van der Waals surface area (Å²) < 4.78 is 0. The van der Waals surface area contributed by atoms with Gasteiger partial charge in [-0.15, -0.1) is 12.4 Å². The van der Waals surface area contributed by atoms with E-state index in [4.69, 9.17) is 5.73 Å². The molecular weight excluding hydrogens is 292 g/mol. The molecule has 1 heterocycles. The van der Waals surface area contributed by atoms with Crippen LogP contribution in [0.25, 0.3) is 0 Å². The molecule has 5 heteroatoms. The van der Waals surface area contributed by atoms with Gasteiger partial charge in [0.2, 0.25) is 0 Å². The van der Waals surface area contributed by atoms with Crippen LogP contribution in [0, 0.1) is 0 Å². The van der Waals surface area contributed by atoms with E-state index in [0.29, 0.717) is 22.5 Å².